The maximum absolute atomic E-state index is 12.7. The number of ether oxygens (including phenoxy) is 1. The summed E-state index contributed by atoms with van der Waals surface area (Å²) in [7, 11) is 0. The summed E-state index contributed by atoms with van der Waals surface area (Å²) in [5.41, 5.74) is 5.82. The summed E-state index contributed by atoms with van der Waals surface area (Å²) >= 11 is 0. The zero-order valence-corrected chi connectivity index (χ0v) is 20.0. The number of carbonyl (C=O) groups is 2. The monoisotopic (exact) mass is 449 g/mol. The molecule has 1 atom stereocenters. The quantitative estimate of drug-likeness (QED) is 0.246. The van der Waals surface area contributed by atoms with Crippen LogP contribution in [-0.2, 0) is 16.0 Å². The Bertz CT molecular complexity index is 634. The normalized spacial score (nSPS) is 12.2. The Labute approximate surface area is 193 Å². The molecule has 0 aliphatic rings. The summed E-state index contributed by atoms with van der Waals surface area (Å²) in [6, 6.07) is 8.95. The van der Waals surface area contributed by atoms with Crippen molar-refractivity contribution in [3.63, 3.8) is 0 Å². The molecule has 0 fully saturated rings. The first-order valence-electron chi connectivity index (χ1n) is 11.7. The molecule has 0 aliphatic heterocycles. The van der Waals surface area contributed by atoms with E-state index in [1.54, 1.807) is 20.8 Å². The Morgan fingerprint density at radius 2 is 1.50 bits per heavy atom. The van der Waals surface area contributed by atoms with E-state index in [-0.39, 0.29) is 5.91 Å². The molecule has 6 N–H and O–H groups in total. The third-order valence-electron chi connectivity index (χ3n) is 4.63. The predicted molar refractivity (Wildman–Crippen MR) is 130 cm³/mol. The summed E-state index contributed by atoms with van der Waals surface area (Å²) in [6.45, 7) is 10.5. The van der Waals surface area contributed by atoms with Gasteiger partial charge in [-0.1, -0.05) is 30.3 Å². The van der Waals surface area contributed by atoms with E-state index in [1.165, 1.54) is 0 Å². The SMILES string of the molecule is CC(C)(C)OC(=O)NC(Cc1ccccc1)C(=O)NCCCNCCCCNCCCN. The fourth-order valence-corrected chi connectivity index (χ4v) is 3.03. The van der Waals surface area contributed by atoms with E-state index in [9.17, 15) is 9.59 Å². The van der Waals surface area contributed by atoms with Crippen LogP contribution in [0.5, 0.6) is 0 Å². The molecule has 0 bridgehead atoms. The first-order valence-corrected chi connectivity index (χ1v) is 11.7. The van der Waals surface area contributed by atoms with Crippen molar-refractivity contribution in [3.8, 4) is 0 Å². The summed E-state index contributed by atoms with van der Waals surface area (Å²) in [5, 5.41) is 12.4. The average molecular weight is 450 g/mol. The lowest BCUT2D eigenvalue weighted by Gasteiger charge is -2.23. The van der Waals surface area contributed by atoms with Gasteiger partial charge in [-0.2, -0.15) is 0 Å². The van der Waals surface area contributed by atoms with Crippen molar-refractivity contribution >= 4 is 12.0 Å². The van der Waals surface area contributed by atoms with Crippen LogP contribution in [-0.4, -0.2) is 62.9 Å². The number of nitrogens with one attached hydrogen (secondary N) is 4. The minimum Gasteiger partial charge on any atom is -0.444 e. The molecule has 2 amide bonds. The molecule has 0 radical (unpaired) electrons. The highest BCUT2D eigenvalue weighted by Crippen LogP contribution is 2.08. The number of hydrogen-bond donors (Lipinski definition) is 5. The van der Waals surface area contributed by atoms with Crippen molar-refractivity contribution in [1.29, 1.82) is 0 Å². The third-order valence-corrected chi connectivity index (χ3v) is 4.63. The second-order valence-corrected chi connectivity index (χ2v) is 8.88. The van der Waals surface area contributed by atoms with E-state index < -0.39 is 17.7 Å². The number of rotatable bonds is 16. The van der Waals surface area contributed by atoms with Crippen molar-refractivity contribution < 1.29 is 14.3 Å². The topological polar surface area (TPSA) is 118 Å². The smallest absolute Gasteiger partial charge is 0.408 e. The van der Waals surface area contributed by atoms with Gasteiger partial charge < -0.3 is 31.7 Å². The Morgan fingerprint density at radius 1 is 0.906 bits per heavy atom. The highest BCUT2D eigenvalue weighted by molar-refractivity contribution is 5.86. The summed E-state index contributed by atoms with van der Waals surface area (Å²) in [6.07, 6.45) is 3.90. The van der Waals surface area contributed by atoms with Crippen LogP contribution in [0.4, 0.5) is 4.79 Å². The van der Waals surface area contributed by atoms with Crippen molar-refractivity contribution in [2.75, 3.05) is 39.3 Å². The van der Waals surface area contributed by atoms with Crippen LogP contribution in [0.3, 0.4) is 0 Å². The van der Waals surface area contributed by atoms with Gasteiger partial charge in [0, 0.05) is 13.0 Å². The molecule has 0 aliphatic carbocycles. The fourth-order valence-electron chi connectivity index (χ4n) is 3.03. The van der Waals surface area contributed by atoms with Gasteiger partial charge in [0.25, 0.3) is 0 Å². The molecular weight excluding hydrogens is 406 g/mol. The predicted octanol–water partition coefficient (Wildman–Crippen LogP) is 1.94. The van der Waals surface area contributed by atoms with Crippen LogP contribution < -0.4 is 27.0 Å². The highest BCUT2D eigenvalue weighted by Gasteiger charge is 2.24. The molecule has 0 spiro atoms. The number of amides is 2. The molecule has 8 nitrogen and oxygen atoms in total. The molecule has 0 saturated heterocycles. The Balaban J connectivity index is 2.30. The number of benzene rings is 1. The Kier molecular flexibility index (Phi) is 14.3. The molecule has 1 aromatic rings. The lowest BCUT2D eigenvalue weighted by atomic mass is 10.1. The van der Waals surface area contributed by atoms with Gasteiger partial charge in [-0.25, -0.2) is 4.79 Å². The van der Waals surface area contributed by atoms with Crippen molar-refractivity contribution in [1.82, 2.24) is 21.3 Å². The van der Waals surface area contributed by atoms with Crippen LogP contribution in [0.15, 0.2) is 30.3 Å². The Morgan fingerprint density at radius 3 is 2.09 bits per heavy atom. The van der Waals surface area contributed by atoms with Crippen molar-refractivity contribution in [2.45, 2.75) is 64.5 Å². The van der Waals surface area contributed by atoms with Crippen LogP contribution in [0.25, 0.3) is 0 Å². The molecule has 32 heavy (non-hydrogen) atoms. The van der Waals surface area contributed by atoms with E-state index in [1.807, 2.05) is 30.3 Å². The van der Waals surface area contributed by atoms with Gasteiger partial charge in [-0.15, -0.1) is 0 Å². The second-order valence-electron chi connectivity index (χ2n) is 8.88. The highest BCUT2D eigenvalue weighted by atomic mass is 16.6. The van der Waals surface area contributed by atoms with Gasteiger partial charge in [0.05, 0.1) is 0 Å². The third kappa shape index (κ3) is 14.8. The summed E-state index contributed by atoms with van der Waals surface area (Å²) < 4.78 is 5.32. The fraction of sp³-hybridized carbons (Fsp3) is 0.667. The Hall–Kier alpha value is -2.16. The van der Waals surface area contributed by atoms with Crippen LogP contribution >= 0.6 is 0 Å². The van der Waals surface area contributed by atoms with E-state index in [0.29, 0.717) is 13.0 Å². The molecule has 8 heteroatoms. The van der Waals surface area contributed by atoms with Crippen molar-refractivity contribution in [3.05, 3.63) is 35.9 Å². The number of alkyl carbamates (subject to hydrolysis) is 1. The van der Waals surface area contributed by atoms with Gasteiger partial charge in [0.2, 0.25) is 5.91 Å². The molecule has 1 rings (SSSR count). The lowest BCUT2D eigenvalue weighted by molar-refractivity contribution is -0.123. The van der Waals surface area contributed by atoms with Crippen LogP contribution in [0.2, 0.25) is 0 Å². The molecule has 182 valence electrons. The zero-order chi connectivity index (χ0) is 23.7. The number of hydrogen-bond acceptors (Lipinski definition) is 6. The van der Waals surface area contributed by atoms with Crippen LogP contribution in [0, 0.1) is 0 Å². The van der Waals surface area contributed by atoms with Gasteiger partial charge in [-0.05, 0) is 84.7 Å². The minimum absolute atomic E-state index is 0.205. The van der Waals surface area contributed by atoms with E-state index in [2.05, 4.69) is 21.3 Å². The number of unbranched alkanes of at least 4 members (excludes halogenated alkanes) is 1. The average Bonchev–Trinajstić information content (AvgIpc) is 2.73. The summed E-state index contributed by atoms with van der Waals surface area (Å²) in [4.78, 5) is 24.9. The molecular formula is C24H43N5O3. The van der Waals surface area contributed by atoms with Crippen LogP contribution in [0.1, 0.15) is 52.0 Å². The number of nitrogens with two attached hydrogens (primary N) is 1. The van der Waals surface area contributed by atoms with Gasteiger partial charge >= 0.3 is 6.09 Å². The molecule has 1 aromatic carbocycles. The number of carbonyl (C=O) groups excluding carboxylic acids is 2. The van der Waals surface area contributed by atoms with E-state index in [0.717, 1.165) is 64.0 Å². The maximum Gasteiger partial charge on any atom is 0.408 e. The second kappa shape index (κ2) is 16.5. The first kappa shape index (κ1) is 27.9. The van der Waals surface area contributed by atoms with Crippen molar-refractivity contribution in [2.24, 2.45) is 5.73 Å². The van der Waals surface area contributed by atoms with E-state index in [4.69, 9.17) is 10.5 Å². The maximum atomic E-state index is 12.7. The first-order chi connectivity index (χ1) is 15.3. The molecule has 0 aromatic heterocycles. The zero-order valence-electron chi connectivity index (χ0n) is 20.0. The van der Waals surface area contributed by atoms with E-state index >= 15 is 0 Å². The minimum atomic E-state index is -0.688. The molecule has 1 unspecified atom stereocenters. The molecule has 0 saturated carbocycles. The van der Waals surface area contributed by atoms with Gasteiger partial charge in [-0.3, -0.25) is 4.79 Å². The van der Waals surface area contributed by atoms with Gasteiger partial charge in [0.15, 0.2) is 0 Å². The van der Waals surface area contributed by atoms with Gasteiger partial charge in [0.1, 0.15) is 11.6 Å². The molecule has 0 heterocycles. The largest absolute Gasteiger partial charge is 0.444 e. The standard InChI is InChI=1S/C24H43N5O3/c1-24(2,3)32-23(31)29-21(19-20-11-5-4-6-12-20)22(30)28-18-10-17-27-15-8-7-14-26-16-9-13-25/h4-6,11-12,21,26-27H,7-10,13-19,25H2,1-3H3,(H,28,30)(H,29,31). The lowest BCUT2D eigenvalue weighted by Crippen LogP contribution is -2.49. The summed E-state index contributed by atoms with van der Waals surface area (Å²) in [5.74, 6) is -0.205.